The Balaban J connectivity index is 1.64. The van der Waals surface area contributed by atoms with Gasteiger partial charge in [0.2, 0.25) is 0 Å². The number of hydrogen-bond donors (Lipinski definition) is 1. The lowest BCUT2D eigenvalue weighted by Gasteiger charge is -2.19. The molecule has 1 saturated carbocycles. The van der Waals surface area contributed by atoms with Crippen molar-refractivity contribution in [2.24, 2.45) is 0 Å². The third kappa shape index (κ3) is 3.58. The van der Waals surface area contributed by atoms with E-state index in [9.17, 15) is 0 Å². The smallest absolute Gasteiger partial charge is 0.128 e. The lowest BCUT2D eigenvalue weighted by Crippen LogP contribution is -2.20. The molecule has 0 amide bonds. The van der Waals surface area contributed by atoms with E-state index in [1.165, 1.54) is 18.4 Å². The Kier molecular flexibility index (Phi) is 3.97. The van der Waals surface area contributed by atoms with Crippen molar-refractivity contribution in [3.05, 3.63) is 59.8 Å². The number of anilines is 1. The van der Waals surface area contributed by atoms with E-state index in [-0.39, 0.29) is 0 Å². The van der Waals surface area contributed by atoms with E-state index in [0.717, 1.165) is 30.6 Å². The number of benzene rings is 1. The Morgan fingerprint density at radius 3 is 2.65 bits per heavy atom. The molecule has 20 heavy (non-hydrogen) atoms. The van der Waals surface area contributed by atoms with E-state index < -0.39 is 0 Å². The maximum Gasteiger partial charge on any atom is 0.128 e. The number of nitrogens with zero attached hydrogens (tertiary/aromatic N) is 2. The summed E-state index contributed by atoms with van der Waals surface area (Å²) >= 11 is 0. The van der Waals surface area contributed by atoms with E-state index in [0.29, 0.717) is 0 Å². The van der Waals surface area contributed by atoms with Crippen LogP contribution in [0.3, 0.4) is 0 Å². The van der Waals surface area contributed by atoms with Gasteiger partial charge in [-0.15, -0.1) is 0 Å². The molecule has 0 atom stereocenters. The lowest BCUT2D eigenvalue weighted by atomic mass is 10.2. The number of aromatic nitrogens is 1. The maximum atomic E-state index is 4.73. The highest BCUT2D eigenvalue weighted by Crippen LogP contribution is 2.19. The van der Waals surface area contributed by atoms with E-state index >= 15 is 0 Å². The van der Waals surface area contributed by atoms with Crippen LogP contribution in [0.4, 0.5) is 5.82 Å². The molecule has 3 nitrogen and oxygen atoms in total. The second kappa shape index (κ2) is 6.06. The van der Waals surface area contributed by atoms with Gasteiger partial charge in [0.25, 0.3) is 0 Å². The predicted octanol–water partition coefficient (Wildman–Crippen LogP) is 2.97. The number of nitrogens with one attached hydrogen (secondary N) is 1. The molecule has 3 rings (SSSR count). The third-order valence-electron chi connectivity index (χ3n) is 3.59. The fraction of sp³-hybridized carbons (Fsp3) is 0.353. The van der Waals surface area contributed by atoms with Crippen LogP contribution in [0.25, 0.3) is 0 Å². The molecule has 1 aliphatic carbocycles. The zero-order chi connectivity index (χ0) is 13.8. The Hall–Kier alpha value is -1.87. The molecule has 1 N–H and O–H groups in total. The van der Waals surface area contributed by atoms with Crippen LogP contribution in [-0.2, 0) is 13.1 Å². The third-order valence-corrected chi connectivity index (χ3v) is 3.59. The summed E-state index contributed by atoms with van der Waals surface area (Å²) in [7, 11) is 2.09. The average molecular weight is 267 g/mol. The van der Waals surface area contributed by atoms with Gasteiger partial charge in [-0.1, -0.05) is 36.4 Å². The molecule has 0 aliphatic heterocycles. The van der Waals surface area contributed by atoms with Crippen LogP contribution >= 0.6 is 0 Å². The molecule has 1 aromatic heterocycles. The first-order valence-corrected chi connectivity index (χ1v) is 7.25. The Bertz CT molecular complexity index is 549. The van der Waals surface area contributed by atoms with Crippen molar-refractivity contribution >= 4 is 5.82 Å². The molecule has 0 radical (unpaired) electrons. The van der Waals surface area contributed by atoms with Gasteiger partial charge in [-0.3, -0.25) is 0 Å². The summed E-state index contributed by atoms with van der Waals surface area (Å²) in [5.41, 5.74) is 2.42. The summed E-state index contributed by atoms with van der Waals surface area (Å²) in [5, 5.41) is 3.51. The van der Waals surface area contributed by atoms with Gasteiger partial charge in [-0.25, -0.2) is 4.98 Å². The fourth-order valence-corrected chi connectivity index (χ4v) is 2.25. The molecule has 0 spiro atoms. The van der Waals surface area contributed by atoms with Crippen molar-refractivity contribution in [1.82, 2.24) is 10.3 Å². The summed E-state index contributed by atoms with van der Waals surface area (Å²) in [6, 6.07) is 17.5. The highest BCUT2D eigenvalue weighted by Gasteiger charge is 2.20. The minimum atomic E-state index is 0.725. The number of pyridine rings is 1. The van der Waals surface area contributed by atoms with Crippen LogP contribution in [0.5, 0.6) is 0 Å². The first kappa shape index (κ1) is 13.1. The van der Waals surface area contributed by atoms with E-state index in [1.54, 1.807) is 0 Å². The summed E-state index contributed by atoms with van der Waals surface area (Å²) in [6.07, 6.45) is 2.63. The first-order chi connectivity index (χ1) is 9.81. The van der Waals surface area contributed by atoms with E-state index in [1.807, 2.05) is 6.07 Å². The second-order valence-corrected chi connectivity index (χ2v) is 5.48. The first-order valence-electron chi connectivity index (χ1n) is 7.25. The second-order valence-electron chi connectivity index (χ2n) is 5.48. The normalized spacial score (nSPS) is 14.2. The predicted molar refractivity (Wildman–Crippen MR) is 82.6 cm³/mol. The van der Waals surface area contributed by atoms with E-state index in [2.05, 4.69) is 59.7 Å². The van der Waals surface area contributed by atoms with Crippen molar-refractivity contribution in [2.75, 3.05) is 11.9 Å². The van der Waals surface area contributed by atoms with Gasteiger partial charge in [0.1, 0.15) is 5.82 Å². The van der Waals surface area contributed by atoms with Gasteiger partial charge in [-0.05, 0) is 30.5 Å². The molecule has 0 unspecified atom stereocenters. The molecule has 0 saturated heterocycles. The molecule has 1 heterocycles. The monoisotopic (exact) mass is 267 g/mol. The summed E-state index contributed by atoms with van der Waals surface area (Å²) in [5.74, 6) is 1.03. The van der Waals surface area contributed by atoms with Gasteiger partial charge < -0.3 is 10.2 Å². The molecule has 1 aromatic carbocycles. The van der Waals surface area contributed by atoms with Crippen molar-refractivity contribution in [1.29, 1.82) is 0 Å². The molecule has 3 heteroatoms. The zero-order valence-corrected chi connectivity index (χ0v) is 11.9. The average Bonchev–Trinajstić information content (AvgIpc) is 3.31. The van der Waals surface area contributed by atoms with Crippen molar-refractivity contribution < 1.29 is 0 Å². The zero-order valence-electron chi connectivity index (χ0n) is 11.9. The molecule has 104 valence electrons. The van der Waals surface area contributed by atoms with Crippen LogP contribution in [0, 0.1) is 0 Å². The standard InChI is InChI=1S/C17H21N3/c1-20(13-14-6-3-2-4-7-14)17-9-5-8-16(19-17)12-18-15-10-11-15/h2-9,15,18H,10-13H2,1H3. The molecule has 2 aromatic rings. The van der Waals surface area contributed by atoms with Gasteiger partial charge in [0.05, 0.1) is 5.69 Å². The summed E-state index contributed by atoms with van der Waals surface area (Å²) in [6.45, 7) is 1.75. The van der Waals surface area contributed by atoms with Crippen molar-refractivity contribution in [3.8, 4) is 0 Å². The van der Waals surface area contributed by atoms with Crippen LogP contribution < -0.4 is 10.2 Å². The number of rotatable bonds is 6. The van der Waals surface area contributed by atoms with Gasteiger partial charge in [-0.2, -0.15) is 0 Å². The molecule has 1 aliphatic rings. The SMILES string of the molecule is CN(Cc1ccccc1)c1cccc(CNC2CC2)n1. The minimum Gasteiger partial charge on any atom is -0.355 e. The fourth-order valence-electron chi connectivity index (χ4n) is 2.25. The van der Waals surface area contributed by atoms with Crippen molar-refractivity contribution in [3.63, 3.8) is 0 Å². The maximum absolute atomic E-state index is 4.73. The quantitative estimate of drug-likeness (QED) is 0.872. The minimum absolute atomic E-state index is 0.725. The van der Waals surface area contributed by atoms with Gasteiger partial charge in [0.15, 0.2) is 0 Å². The number of hydrogen-bond acceptors (Lipinski definition) is 3. The van der Waals surface area contributed by atoms with Gasteiger partial charge >= 0.3 is 0 Å². The highest BCUT2D eigenvalue weighted by molar-refractivity contribution is 5.39. The lowest BCUT2D eigenvalue weighted by molar-refractivity contribution is 0.673. The van der Waals surface area contributed by atoms with Crippen LogP contribution in [-0.4, -0.2) is 18.1 Å². The Morgan fingerprint density at radius 1 is 1.10 bits per heavy atom. The highest BCUT2D eigenvalue weighted by atomic mass is 15.2. The molecular weight excluding hydrogens is 246 g/mol. The van der Waals surface area contributed by atoms with Crippen LogP contribution in [0.15, 0.2) is 48.5 Å². The topological polar surface area (TPSA) is 28.2 Å². The molecular formula is C17H21N3. The van der Waals surface area contributed by atoms with Gasteiger partial charge in [0, 0.05) is 26.2 Å². The Morgan fingerprint density at radius 2 is 1.90 bits per heavy atom. The largest absolute Gasteiger partial charge is 0.355 e. The van der Waals surface area contributed by atoms with Crippen molar-refractivity contribution in [2.45, 2.75) is 32.0 Å². The Labute approximate surface area is 120 Å². The molecule has 1 fully saturated rings. The molecule has 0 bridgehead atoms. The van der Waals surface area contributed by atoms with Crippen LogP contribution in [0.1, 0.15) is 24.1 Å². The van der Waals surface area contributed by atoms with Crippen LogP contribution in [0.2, 0.25) is 0 Å². The summed E-state index contributed by atoms with van der Waals surface area (Å²) < 4.78 is 0. The van der Waals surface area contributed by atoms with E-state index in [4.69, 9.17) is 4.98 Å². The summed E-state index contributed by atoms with van der Waals surface area (Å²) in [4.78, 5) is 6.92.